The van der Waals surface area contributed by atoms with E-state index >= 15 is 0 Å². The van der Waals surface area contributed by atoms with Gasteiger partial charge in [0.15, 0.2) is 0 Å². The van der Waals surface area contributed by atoms with Gasteiger partial charge in [-0.2, -0.15) is 0 Å². The van der Waals surface area contributed by atoms with Crippen LogP contribution in [0, 0.1) is 47.1 Å². The number of unbranched alkanes of at least 4 members (excludes halogenated alkanes) is 2. The summed E-state index contributed by atoms with van der Waals surface area (Å²) >= 11 is 0. The van der Waals surface area contributed by atoms with Crippen LogP contribution in [0.3, 0.4) is 0 Å². The molecule has 0 aromatic heterocycles. The van der Waals surface area contributed by atoms with Gasteiger partial charge in [-0.1, -0.05) is 64.2 Å². The van der Waals surface area contributed by atoms with Crippen LogP contribution in [0.25, 0.3) is 0 Å². The van der Waals surface area contributed by atoms with Crippen molar-refractivity contribution in [3.63, 3.8) is 0 Å². The van der Waals surface area contributed by atoms with Crippen LogP contribution < -0.4 is 0 Å². The molecule has 2 fully saturated rings. The van der Waals surface area contributed by atoms with Crippen molar-refractivity contribution in [1.29, 1.82) is 0 Å². The highest BCUT2D eigenvalue weighted by Gasteiger charge is 2.30. The van der Waals surface area contributed by atoms with E-state index in [-0.39, 0.29) is 5.56 Å². The summed E-state index contributed by atoms with van der Waals surface area (Å²) in [6.07, 6.45) is 17.0. The third-order valence-corrected chi connectivity index (χ3v) is 7.60. The lowest BCUT2D eigenvalue weighted by Gasteiger charge is -2.37. The fourth-order valence-corrected chi connectivity index (χ4v) is 5.73. The Morgan fingerprint density at radius 1 is 0.800 bits per heavy atom. The lowest BCUT2D eigenvalue weighted by atomic mass is 9.69. The second kappa shape index (κ2) is 11.9. The Labute approximate surface area is 183 Å². The molecule has 0 saturated heterocycles. The van der Waals surface area contributed by atoms with Gasteiger partial charge in [-0.3, -0.25) is 0 Å². The summed E-state index contributed by atoms with van der Waals surface area (Å²) in [5, 5.41) is 0. The first-order chi connectivity index (χ1) is 14.6. The summed E-state index contributed by atoms with van der Waals surface area (Å²) in [6.45, 7) is 4.43. The van der Waals surface area contributed by atoms with E-state index in [0.29, 0.717) is 5.92 Å². The molecule has 1 aromatic carbocycles. The summed E-state index contributed by atoms with van der Waals surface area (Å²) < 4.78 is 28.8. The average Bonchev–Trinajstić information content (AvgIpc) is 2.75. The summed E-state index contributed by atoms with van der Waals surface area (Å²) in [6, 6.07) is 2.96. The van der Waals surface area contributed by atoms with Crippen molar-refractivity contribution in [3.05, 3.63) is 34.9 Å². The third-order valence-electron chi connectivity index (χ3n) is 7.60. The average molecular weight is 415 g/mol. The SMILES string of the molecule is CCCCCc1cc(F)c(C#C[C@H]2CC[C@H]([C@H]3CC[C@H](CCC)CC3)CC2)c(F)c1. The van der Waals surface area contributed by atoms with Crippen molar-refractivity contribution in [3.8, 4) is 11.8 Å². The van der Waals surface area contributed by atoms with Gasteiger partial charge in [0.25, 0.3) is 0 Å². The maximum absolute atomic E-state index is 14.4. The molecule has 2 aliphatic carbocycles. The fourth-order valence-electron chi connectivity index (χ4n) is 5.73. The molecule has 0 bridgehead atoms. The Balaban J connectivity index is 1.50. The van der Waals surface area contributed by atoms with Crippen molar-refractivity contribution in [1.82, 2.24) is 0 Å². The molecule has 0 spiro atoms. The number of halogens is 2. The van der Waals surface area contributed by atoms with Gasteiger partial charge in [0.05, 0.1) is 5.56 Å². The van der Waals surface area contributed by atoms with Crippen LogP contribution in [-0.4, -0.2) is 0 Å². The van der Waals surface area contributed by atoms with Crippen molar-refractivity contribution >= 4 is 0 Å². The molecule has 2 saturated carbocycles. The molecule has 0 atom stereocenters. The van der Waals surface area contributed by atoms with E-state index in [2.05, 4.69) is 25.7 Å². The van der Waals surface area contributed by atoms with Gasteiger partial charge in [-0.05, 0) is 86.8 Å². The van der Waals surface area contributed by atoms with Crippen LogP contribution in [0.15, 0.2) is 12.1 Å². The largest absolute Gasteiger partial charge is 0.206 e. The highest BCUT2D eigenvalue weighted by Crippen LogP contribution is 2.42. The molecule has 166 valence electrons. The first kappa shape index (κ1) is 23.3. The van der Waals surface area contributed by atoms with E-state index < -0.39 is 11.6 Å². The van der Waals surface area contributed by atoms with Crippen LogP contribution in [0.4, 0.5) is 8.78 Å². The fraction of sp³-hybridized carbons (Fsp3) is 0.714. The lowest BCUT2D eigenvalue weighted by molar-refractivity contribution is 0.154. The molecule has 0 heterocycles. The zero-order valence-electron chi connectivity index (χ0n) is 19.1. The summed E-state index contributed by atoms with van der Waals surface area (Å²) in [4.78, 5) is 0. The second-order valence-electron chi connectivity index (χ2n) is 9.84. The summed E-state index contributed by atoms with van der Waals surface area (Å²) in [5.74, 6) is 8.09. The normalized spacial score (nSPS) is 26.8. The molecular formula is C28H40F2. The molecule has 0 amide bonds. The van der Waals surface area contributed by atoms with Gasteiger partial charge in [0.1, 0.15) is 11.6 Å². The Kier molecular flexibility index (Phi) is 9.23. The predicted molar refractivity (Wildman–Crippen MR) is 122 cm³/mol. The van der Waals surface area contributed by atoms with Gasteiger partial charge < -0.3 is 0 Å². The Hall–Kier alpha value is -1.36. The first-order valence-electron chi connectivity index (χ1n) is 12.6. The predicted octanol–water partition coefficient (Wildman–Crippen LogP) is 8.46. The monoisotopic (exact) mass is 414 g/mol. The quantitative estimate of drug-likeness (QED) is 0.310. The van der Waals surface area contributed by atoms with E-state index in [1.165, 1.54) is 63.5 Å². The molecule has 2 aliphatic rings. The molecule has 30 heavy (non-hydrogen) atoms. The molecule has 0 aliphatic heterocycles. The van der Waals surface area contributed by atoms with E-state index in [0.717, 1.165) is 61.8 Å². The van der Waals surface area contributed by atoms with Gasteiger partial charge in [-0.15, -0.1) is 0 Å². The minimum atomic E-state index is -0.494. The van der Waals surface area contributed by atoms with Crippen molar-refractivity contribution in [2.75, 3.05) is 0 Å². The van der Waals surface area contributed by atoms with Crippen molar-refractivity contribution < 1.29 is 8.78 Å². The standard InChI is InChI=1S/C28H40F2/c1-3-5-6-8-23-19-27(29)26(28(30)20-23)18-13-22-11-16-25(17-12-22)24-14-9-21(7-4-2)10-15-24/h19-22,24-25H,3-12,14-17H2,1-2H3/t21-,22-,24-,25-. The molecule has 0 radical (unpaired) electrons. The van der Waals surface area contributed by atoms with Gasteiger partial charge in [-0.25, -0.2) is 8.78 Å². The molecule has 2 heteroatoms. The minimum Gasteiger partial charge on any atom is -0.206 e. The maximum atomic E-state index is 14.4. The van der Waals surface area contributed by atoms with Gasteiger partial charge in [0, 0.05) is 5.92 Å². The van der Waals surface area contributed by atoms with Crippen LogP contribution in [-0.2, 0) is 6.42 Å². The van der Waals surface area contributed by atoms with Gasteiger partial charge in [0.2, 0.25) is 0 Å². The van der Waals surface area contributed by atoms with Crippen LogP contribution in [0.2, 0.25) is 0 Å². The zero-order valence-corrected chi connectivity index (χ0v) is 19.1. The van der Waals surface area contributed by atoms with Gasteiger partial charge >= 0.3 is 0 Å². The molecule has 3 rings (SSSR count). The lowest BCUT2D eigenvalue weighted by Crippen LogP contribution is -2.25. The number of benzene rings is 1. The van der Waals surface area contributed by atoms with Crippen LogP contribution in [0.1, 0.15) is 108 Å². The smallest absolute Gasteiger partial charge is 0.142 e. The highest BCUT2D eigenvalue weighted by molar-refractivity contribution is 5.39. The summed E-state index contributed by atoms with van der Waals surface area (Å²) in [7, 11) is 0. The Morgan fingerprint density at radius 3 is 1.97 bits per heavy atom. The van der Waals surface area contributed by atoms with Crippen molar-refractivity contribution in [2.24, 2.45) is 23.7 Å². The Morgan fingerprint density at radius 2 is 1.40 bits per heavy atom. The molecule has 1 aromatic rings. The van der Waals surface area contributed by atoms with E-state index in [9.17, 15) is 8.78 Å². The van der Waals surface area contributed by atoms with E-state index in [1.807, 2.05) is 0 Å². The molecule has 0 N–H and O–H groups in total. The van der Waals surface area contributed by atoms with E-state index in [4.69, 9.17) is 0 Å². The number of hydrogen-bond acceptors (Lipinski definition) is 0. The number of rotatable bonds is 7. The molecular weight excluding hydrogens is 374 g/mol. The van der Waals surface area contributed by atoms with E-state index in [1.54, 1.807) is 0 Å². The van der Waals surface area contributed by atoms with Crippen molar-refractivity contribution in [2.45, 2.75) is 104 Å². The second-order valence-corrected chi connectivity index (χ2v) is 9.84. The van der Waals surface area contributed by atoms with Crippen LogP contribution >= 0.6 is 0 Å². The minimum absolute atomic E-state index is 0.0365. The number of aryl methyl sites for hydroxylation is 1. The zero-order chi connectivity index (χ0) is 21.3. The summed E-state index contributed by atoms with van der Waals surface area (Å²) in [5.41, 5.74) is 0.712. The maximum Gasteiger partial charge on any atom is 0.142 e. The first-order valence-corrected chi connectivity index (χ1v) is 12.6. The topological polar surface area (TPSA) is 0 Å². The molecule has 0 nitrogen and oxygen atoms in total. The third kappa shape index (κ3) is 6.57. The number of hydrogen-bond donors (Lipinski definition) is 0. The molecule has 0 unspecified atom stereocenters. The Bertz CT molecular complexity index is 687. The van der Waals surface area contributed by atoms with Crippen LogP contribution in [0.5, 0.6) is 0 Å². The highest BCUT2D eigenvalue weighted by atomic mass is 19.1.